The standard InChI is InChI=1S/C7H14O/c1-4-7(2)5-6-8-3/h4,7H,1,5-6H2,2-3H3. The first-order valence-corrected chi connectivity index (χ1v) is 2.92. The zero-order valence-electron chi connectivity index (χ0n) is 5.68. The summed E-state index contributed by atoms with van der Waals surface area (Å²) in [5.41, 5.74) is 0. The van der Waals surface area contributed by atoms with Crippen LogP contribution in [0, 0.1) is 5.92 Å². The molecule has 0 saturated carbocycles. The molecular formula is C7H14O. The third-order valence-electron chi connectivity index (χ3n) is 1.18. The van der Waals surface area contributed by atoms with Gasteiger partial charge in [-0.15, -0.1) is 6.58 Å². The first-order chi connectivity index (χ1) is 3.81. The lowest BCUT2D eigenvalue weighted by Crippen LogP contribution is -1.95. The van der Waals surface area contributed by atoms with Gasteiger partial charge in [-0.3, -0.25) is 0 Å². The maximum absolute atomic E-state index is 4.87. The average molecular weight is 114 g/mol. The fourth-order valence-corrected chi connectivity index (χ4v) is 0.422. The summed E-state index contributed by atoms with van der Waals surface area (Å²) in [5, 5.41) is 0. The molecule has 0 aromatic rings. The van der Waals surface area contributed by atoms with Crippen molar-refractivity contribution < 1.29 is 4.74 Å². The highest BCUT2D eigenvalue weighted by molar-refractivity contribution is 4.73. The van der Waals surface area contributed by atoms with Crippen molar-refractivity contribution >= 4 is 0 Å². The Balaban J connectivity index is 2.98. The summed E-state index contributed by atoms with van der Waals surface area (Å²) in [6.07, 6.45) is 3.03. The summed E-state index contributed by atoms with van der Waals surface area (Å²) in [6, 6.07) is 0. The summed E-state index contributed by atoms with van der Waals surface area (Å²) in [6.45, 7) is 6.63. The molecule has 8 heavy (non-hydrogen) atoms. The van der Waals surface area contributed by atoms with Crippen LogP contribution in [-0.4, -0.2) is 13.7 Å². The molecule has 0 aliphatic rings. The Morgan fingerprint density at radius 2 is 2.38 bits per heavy atom. The molecule has 1 nitrogen and oxygen atoms in total. The minimum absolute atomic E-state index is 0.593. The second-order valence-corrected chi connectivity index (χ2v) is 1.99. The van der Waals surface area contributed by atoms with Crippen molar-refractivity contribution in [3.63, 3.8) is 0 Å². The van der Waals surface area contributed by atoms with E-state index in [1.165, 1.54) is 0 Å². The van der Waals surface area contributed by atoms with Gasteiger partial charge in [0.15, 0.2) is 0 Å². The summed E-state index contributed by atoms with van der Waals surface area (Å²) in [4.78, 5) is 0. The molecule has 0 bridgehead atoms. The fraction of sp³-hybridized carbons (Fsp3) is 0.714. The van der Waals surface area contributed by atoms with Crippen molar-refractivity contribution in [3.8, 4) is 0 Å². The van der Waals surface area contributed by atoms with E-state index in [-0.39, 0.29) is 0 Å². The SMILES string of the molecule is C=CC(C)CCOC. The molecule has 0 N–H and O–H groups in total. The van der Waals surface area contributed by atoms with E-state index in [1.807, 2.05) is 6.08 Å². The third-order valence-corrected chi connectivity index (χ3v) is 1.18. The molecule has 1 heteroatoms. The van der Waals surface area contributed by atoms with Crippen molar-refractivity contribution in [1.29, 1.82) is 0 Å². The Bertz CT molecular complexity index is 59.4. The van der Waals surface area contributed by atoms with Crippen LogP contribution in [0.4, 0.5) is 0 Å². The van der Waals surface area contributed by atoms with Crippen LogP contribution in [0.5, 0.6) is 0 Å². The Kier molecular flexibility index (Phi) is 4.67. The van der Waals surface area contributed by atoms with Gasteiger partial charge in [-0.2, -0.15) is 0 Å². The van der Waals surface area contributed by atoms with Crippen LogP contribution in [-0.2, 0) is 4.74 Å². The predicted molar refractivity (Wildman–Crippen MR) is 35.9 cm³/mol. The number of hydrogen-bond acceptors (Lipinski definition) is 1. The minimum atomic E-state index is 0.593. The van der Waals surface area contributed by atoms with E-state index in [9.17, 15) is 0 Å². The van der Waals surface area contributed by atoms with Gasteiger partial charge in [-0.25, -0.2) is 0 Å². The second kappa shape index (κ2) is 4.85. The van der Waals surface area contributed by atoms with E-state index in [0.717, 1.165) is 13.0 Å². The molecule has 0 aromatic carbocycles. The Morgan fingerprint density at radius 1 is 1.75 bits per heavy atom. The van der Waals surface area contributed by atoms with Gasteiger partial charge in [0.2, 0.25) is 0 Å². The Morgan fingerprint density at radius 3 is 2.75 bits per heavy atom. The lowest BCUT2D eigenvalue weighted by Gasteiger charge is -2.01. The highest BCUT2D eigenvalue weighted by atomic mass is 16.5. The molecule has 0 saturated heterocycles. The van der Waals surface area contributed by atoms with E-state index >= 15 is 0 Å². The fourth-order valence-electron chi connectivity index (χ4n) is 0.422. The summed E-state index contributed by atoms with van der Waals surface area (Å²) in [7, 11) is 1.72. The molecule has 0 fully saturated rings. The van der Waals surface area contributed by atoms with E-state index in [1.54, 1.807) is 7.11 Å². The maximum Gasteiger partial charge on any atom is 0.0467 e. The van der Waals surface area contributed by atoms with Crippen molar-refractivity contribution in [2.24, 2.45) is 5.92 Å². The van der Waals surface area contributed by atoms with E-state index in [4.69, 9.17) is 4.74 Å². The topological polar surface area (TPSA) is 9.23 Å². The average Bonchev–Trinajstić information content (AvgIpc) is 1.83. The molecule has 0 spiro atoms. The van der Waals surface area contributed by atoms with E-state index in [2.05, 4.69) is 13.5 Å². The second-order valence-electron chi connectivity index (χ2n) is 1.99. The first-order valence-electron chi connectivity index (χ1n) is 2.92. The highest BCUT2D eigenvalue weighted by Gasteiger charge is 1.92. The molecule has 0 aliphatic carbocycles. The minimum Gasteiger partial charge on any atom is -0.385 e. The van der Waals surface area contributed by atoms with Crippen LogP contribution in [0.25, 0.3) is 0 Å². The number of ether oxygens (including phenoxy) is 1. The number of allylic oxidation sites excluding steroid dienone is 1. The number of hydrogen-bond donors (Lipinski definition) is 0. The van der Waals surface area contributed by atoms with Crippen LogP contribution in [0.1, 0.15) is 13.3 Å². The predicted octanol–water partition coefficient (Wildman–Crippen LogP) is 1.84. The Labute approximate surface area is 51.4 Å². The van der Waals surface area contributed by atoms with Gasteiger partial charge < -0.3 is 4.74 Å². The van der Waals surface area contributed by atoms with Crippen LogP contribution >= 0.6 is 0 Å². The first kappa shape index (κ1) is 7.70. The molecule has 0 aliphatic heterocycles. The lowest BCUT2D eigenvalue weighted by molar-refractivity contribution is 0.186. The van der Waals surface area contributed by atoms with Gasteiger partial charge in [0.05, 0.1) is 0 Å². The summed E-state index contributed by atoms with van der Waals surface area (Å²) >= 11 is 0. The van der Waals surface area contributed by atoms with Crippen molar-refractivity contribution in [2.45, 2.75) is 13.3 Å². The molecule has 48 valence electrons. The number of methoxy groups -OCH3 is 1. The quantitative estimate of drug-likeness (QED) is 0.507. The maximum atomic E-state index is 4.87. The van der Waals surface area contributed by atoms with Crippen molar-refractivity contribution in [2.75, 3.05) is 13.7 Å². The van der Waals surface area contributed by atoms with Gasteiger partial charge in [0.25, 0.3) is 0 Å². The molecule has 0 rings (SSSR count). The van der Waals surface area contributed by atoms with Crippen LogP contribution < -0.4 is 0 Å². The number of rotatable bonds is 4. The molecule has 0 heterocycles. The zero-order chi connectivity index (χ0) is 6.41. The summed E-state index contributed by atoms with van der Waals surface area (Å²) < 4.78 is 4.87. The van der Waals surface area contributed by atoms with E-state index in [0.29, 0.717) is 5.92 Å². The smallest absolute Gasteiger partial charge is 0.0467 e. The monoisotopic (exact) mass is 114 g/mol. The zero-order valence-corrected chi connectivity index (χ0v) is 5.68. The van der Waals surface area contributed by atoms with Gasteiger partial charge in [-0.1, -0.05) is 13.0 Å². The van der Waals surface area contributed by atoms with Crippen LogP contribution in [0.3, 0.4) is 0 Å². The molecular weight excluding hydrogens is 100 g/mol. The summed E-state index contributed by atoms with van der Waals surface area (Å²) in [5.74, 6) is 0.593. The molecule has 0 radical (unpaired) electrons. The third kappa shape index (κ3) is 3.88. The Hall–Kier alpha value is -0.300. The van der Waals surface area contributed by atoms with Crippen LogP contribution in [0.2, 0.25) is 0 Å². The van der Waals surface area contributed by atoms with Gasteiger partial charge in [0, 0.05) is 13.7 Å². The highest BCUT2D eigenvalue weighted by Crippen LogP contribution is 2.00. The molecule has 1 atom stereocenters. The van der Waals surface area contributed by atoms with Gasteiger partial charge >= 0.3 is 0 Å². The lowest BCUT2D eigenvalue weighted by atomic mass is 10.1. The van der Waals surface area contributed by atoms with Crippen molar-refractivity contribution in [3.05, 3.63) is 12.7 Å². The van der Waals surface area contributed by atoms with Gasteiger partial charge in [-0.05, 0) is 12.3 Å². The van der Waals surface area contributed by atoms with Crippen LogP contribution in [0.15, 0.2) is 12.7 Å². The largest absolute Gasteiger partial charge is 0.385 e. The molecule has 1 unspecified atom stereocenters. The molecule has 0 aromatic heterocycles. The normalized spacial score (nSPS) is 13.2. The molecule has 0 amide bonds. The van der Waals surface area contributed by atoms with E-state index < -0.39 is 0 Å². The van der Waals surface area contributed by atoms with Crippen molar-refractivity contribution in [1.82, 2.24) is 0 Å². The van der Waals surface area contributed by atoms with Gasteiger partial charge in [0.1, 0.15) is 0 Å².